The third-order valence-electron chi connectivity index (χ3n) is 2.18. The van der Waals surface area contributed by atoms with Gasteiger partial charge in [0, 0.05) is 32.0 Å². The second-order valence-electron chi connectivity index (χ2n) is 4.00. The normalized spacial score (nSPS) is 11.8. The Labute approximate surface area is 102 Å². The molecule has 0 aromatic carbocycles. The SMILES string of the molecule is Cc1cc(C)nc(NCCS(=O)(=O)N(C)C)n1. The van der Waals surface area contributed by atoms with E-state index in [2.05, 4.69) is 15.3 Å². The van der Waals surface area contributed by atoms with Crippen LogP contribution in [0.1, 0.15) is 11.4 Å². The predicted molar refractivity (Wildman–Crippen MR) is 67.5 cm³/mol. The van der Waals surface area contributed by atoms with Crippen LogP contribution >= 0.6 is 0 Å². The van der Waals surface area contributed by atoms with Crippen LogP contribution in [-0.4, -0.2) is 49.1 Å². The minimum atomic E-state index is -3.17. The molecule has 6 nitrogen and oxygen atoms in total. The van der Waals surface area contributed by atoms with Gasteiger partial charge in [-0.2, -0.15) is 0 Å². The highest BCUT2D eigenvalue weighted by Gasteiger charge is 2.12. The van der Waals surface area contributed by atoms with E-state index in [1.54, 1.807) is 0 Å². The van der Waals surface area contributed by atoms with E-state index < -0.39 is 10.0 Å². The zero-order valence-corrected chi connectivity index (χ0v) is 11.4. The zero-order chi connectivity index (χ0) is 13.1. The highest BCUT2D eigenvalue weighted by Crippen LogP contribution is 2.03. The van der Waals surface area contributed by atoms with Gasteiger partial charge in [0.25, 0.3) is 0 Å². The van der Waals surface area contributed by atoms with Crippen molar-refractivity contribution >= 4 is 16.0 Å². The first-order valence-electron chi connectivity index (χ1n) is 5.27. The Kier molecular flexibility index (Phi) is 4.41. The Morgan fingerprint density at radius 1 is 1.24 bits per heavy atom. The van der Waals surface area contributed by atoms with Gasteiger partial charge in [-0.1, -0.05) is 0 Å². The quantitative estimate of drug-likeness (QED) is 0.827. The van der Waals surface area contributed by atoms with Crippen LogP contribution in [-0.2, 0) is 10.0 Å². The maximum atomic E-state index is 11.5. The van der Waals surface area contributed by atoms with Crippen LogP contribution < -0.4 is 5.32 Å². The van der Waals surface area contributed by atoms with Crippen molar-refractivity contribution in [3.8, 4) is 0 Å². The lowest BCUT2D eigenvalue weighted by Crippen LogP contribution is -2.28. The Bertz CT molecular complexity index is 465. The maximum absolute atomic E-state index is 11.5. The van der Waals surface area contributed by atoms with Crippen LogP contribution in [0.3, 0.4) is 0 Å². The average Bonchev–Trinajstić information content (AvgIpc) is 2.15. The van der Waals surface area contributed by atoms with Crippen molar-refractivity contribution in [2.75, 3.05) is 31.7 Å². The number of hydrogen-bond acceptors (Lipinski definition) is 5. The Morgan fingerprint density at radius 2 is 1.76 bits per heavy atom. The molecule has 96 valence electrons. The highest BCUT2D eigenvalue weighted by molar-refractivity contribution is 7.89. The summed E-state index contributed by atoms with van der Waals surface area (Å²) in [5, 5.41) is 2.91. The molecule has 1 heterocycles. The number of anilines is 1. The summed E-state index contributed by atoms with van der Waals surface area (Å²) < 4.78 is 24.2. The van der Waals surface area contributed by atoms with Crippen LogP contribution in [0.15, 0.2) is 6.07 Å². The molecular weight excluding hydrogens is 240 g/mol. The number of nitrogens with zero attached hydrogens (tertiary/aromatic N) is 3. The molecule has 1 aromatic heterocycles. The van der Waals surface area contributed by atoms with E-state index in [-0.39, 0.29) is 5.75 Å². The third-order valence-corrected chi connectivity index (χ3v) is 4.01. The number of nitrogens with one attached hydrogen (secondary N) is 1. The van der Waals surface area contributed by atoms with Gasteiger partial charge in [-0.15, -0.1) is 0 Å². The Hall–Kier alpha value is -1.21. The van der Waals surface area contributed by atoms with Gasteiger partial charge in [-0.05, 0) is 19.9 Å². The molecule has 0 amide bonds. The van der Waals surface area contributed by atoms with Gasteiger partial charge in [-0.3, -0.25) is 0 Å². The highest BCUT2D eigenvalue weighted by atomic mass is 32.2. The van der Waals surface area contributed by atoms with Crippen LogP contribution in [0.2, 0.25) is 0 Å². The van der Waals surface area contributed by atoms with Crippen LogP contribution in [0.4, 0.5) is 5.95 Å². The van der Waals surface area contributed by atoms with E-state index >= 15 is 0 Å². The Morgan fingerprint density at radius 3 is 2.24 bits per heavy atom. The minimum absolute atomic E-state index is 0.0242. The fourth-order valence-corrected chi connectivity index (χ4v) is 2.00. The second kappa shape index (κ2) is 5.42. The number of sulfonamides is 1. The van der Waals surface area contributed by atoms with Gasteiger partial charge in [0.2, 0.25) is 16.0 Å². The molecule has 0 atom stereocenters. The summed E-state index contributed by atoms with van der Waals surface area (Å²) in [6, 6.07) is 1.86. The van der Waals surface area contributed by atoms with E-state index in [1.807, 2.05) is 19.9 Å². The molecule has 1 aromatic rings. The summed E-state index contributed by atoms with van der Waals surface area (Å²) in [7, 11) is -0.140. The number of hydrogen-bond donors (Lipinski definition) is 1. The molecule has 0 bridgehead atoms. The van der Waals surface area contributed by atoms with Crippen molar-refractivity contribution in [1.29, 1.82) is 0 Å². The predicted octanol–water partition coefficient (Wildman–Crippen LogP) is 0.397. The molecule has 1 rings (SSSR count). The first-order chi connectivity index (χ1) is 7.81. The molecule has 0 unspecified atom stereocenters. The largest absolute Gasteiger partial charge is 0.353 e. The van der Waals surface area contributed by atoms with E-state index in [1.165, 1.54) is 18.4 Å². The van der Waals surface area contributed by atoms with Crippen molar-refractivity contribution in [1.82, 2.24) is 14.3 Å². The van der Waals surface area contributed by atoms with Gasteiger partial charge < -0.3 is 5.32 Å². The van der Waals surface area contributed by atoms with Gasteiger partial charge in [0.05, 0.1) is 5.75 Å². The first-order valence-corrected chi connectivity index (χ1v) is 6.88. The van der Waals surface area contributed by atoms with Crippen molar-refractivity contribution in [3.63, 3.8) is 0 Å². The summed E-state index contributed by atoms with van der Waals surface area (Å²) in [5.41, 5.74) is 1.71. The number of aromatic nitrogens is 2. The lowest BCUT2D eigenvalue weighted by molar-refractivity contribution is 0.521. The summed E-state index contributed by atoms with van der Waals surface area (Å²) in [4.78, 5) is 8.34. The van der Waals surface area contributed by atoms with E-state index in [4.69, 9.17) is 0 Å². The molecule has 0 aliphatic carbocycles. The topological polar surface area (TPSA) is 75.2 Å². The van der Waals surface area contributed by atoms with Crippen LogP contribution in [0, 0.1) is 13.8 Å². The molecule has 0 aliphatic rings. The van der Waals surface area contributed by atoms with Crippen LogP contribution in [0.5, 0.6) is 0 Å². The zero-order valence-electron chi connectivity index (χ0n) is 10.6. The van der Waals surface area contributed by atoms with Crippen LogP contribution in [0.25, 0.3) is 0 Å². The minimum Gasteiger partial charge on any atom is -0.353 e. The van der Waals surface area contributed by atoms with E-state index in [0.29, 0.717) is 12.5 Å². The smallest absolute Gasteiger partial charge is 0.223 e. The molecule has 0 saturated carbocycles. The summed E-state index contributed by atoms with van der Waals surface area (Å²) in [6.07, 6.45) is 0. The molecular formula is C10H18N4O2S. The second-order valence-corrected chi connectivity index (χ2v) is 6.30. The molecule has 7 heteroatoms. The van der Waals surface area contributed by atoms with E-state index in [9.17, 15) is 8.42 Å². The molecule has 0 spiro atoms. The monoisotopic (exact) mass is 258 g/mol. The fourth-order valence-electron chi connectivity index (χ4n) is 1.28. The van der Waals surface area contributed by atoms with Gasteiger partial charge in [0.15, 0.2) is 0 Å². The summed E-state index contributed by atoms with van der Waals surface area (Å²) >= 11 is 0. The molecule has 0 radical (unpaired) electrons. The fraction of sp³-hybridized carbons (Fsp3) is 0.600. The van der Waals surface area contributed by atoms with Gasteiger partial charge in [-0.25, -0.2) is 22.7 Å². The van der Waals surface area contributed by atoms with Gasteiger partial charge >= 0.3 is 0 Å². The van der Waals surface area contributed by atoms with Crippen molar-refractivity contribution in [2.24, 2.45) is 0 Å². The summed E-state index contributed by atoms with van der Waals surface area (Å²) in [6.45, 7) is 4.04. The van der Waals surface area contributed by atoms with Crippen molar-refractivity contribution in [2.45, 2.75) is 13.8 Å². The molecule has 0 saturated heterocycles. The molecule has 0 fully saturated rings. The van der Waals surface area contributed by atoms with Crippen molar-refractivity contribution in [3.05, 3.63) is 17.5 Å². The lowest BCUT2D eigenvalue weighted by atomic mass is 10.4. The molecule has 17 heavy (non-hydrogen) atoms. The lowest BCUT2D eigenvalue weighted by Gasteiger charge is -2.11. The maximum Gasteiger partial charge on any atom is 0.223 e. The third kappa shape index (κ3) is 4.27. The number of rotatable bonds is 5. The molecule has 1 N–H and O–H groups in total. The molecule has 0 aliphatic heterocycles. The summed E-state index contributed by atoms with van der Waals surface area (Å²) in [5.74, 6) is 0.493. The van der Waals surface area contributed by atoms with Crippen molar-refractivity contribution < 1.29 is 8.42 Å². The Balaban J connectivity index is 2.57. The number of aryl methyl sites for hydroxylation is 2. The average molecular weight is 258 g/mol. The first kappa shape index (κ1) is 13.9. The van der Waals surface area contributed by atoms with Gasteiger partial charge in [0.1, 0.15) is 0 Å². The standard InChI is InChI=1S/C10H18N4O2S/c1-8-7-9(2)13-10(12-8)11-5-6-17(15,16)14(3)4/h7H,5-6H2,1-4H3,(H,11,12,13). The van der Waals surface area contributed by atoms with E-state index in [0.717, 1.165) is 11.4 Å².